The van der Waals surface area contributed by atoms with Crippen molar-refractivity contribution in [3.8, 4) is 0 Å². The Morgan fingerprint density at radius 3 is 2.39 bits per heavy atom. The van der Waals surface area contributed by atoms with Gasteiger partial charge in [0, 0.05) is 24.1 Å². The predicted octanol–water partition coefficient (Wildman–Crippen LogP) is 4.08. The molecule has 2 rings (SSSR count). The van der Waals surface area contributed by atoms with E-state index in [2.05, 4.69) is 9.88 Å². The average Bonchev–Trinajstić information content (AvgIpc) is 3.32. The molecule has 1 heterocycles. The van der Waals surface area contributed by atoms with E-state index in [1.807, 2.05) is 26.8 Å². The molecule has 31 heavy (non-hydrogen) atoms. The van der Waals surface area contributed by atoms with E-state index >= 15 is 0 Å². The van der Waals surface area contributed by atoms with Crippen molar-refractivity contribution in [2.75, 3.05) is 0 Å². The summed E-state index contributed by atoms with van der Waals surface area (Å²) in [6.07, 6.45) is 8.61. The summed E-state index contributed by atoms with van der Waals surface area (Å²) < 4.78 is 34.9. The Labute approximate surface area is 185 Å². The van der Waals surface area contributed by atoms with E-state index in [4.69, 9.17) is 10.3 Å². The molecule has 0 amide bonds. The fourth-order valence-electron chi connectivity index (χ4n) is 4.01. The summed E-state index contributed by atoms with van der Waals surface area (Å²) in [5.74, 6) is 0.695. The summed E-state index contributed by atoms with van der Waals surface area (Å²) in [6.45, 7) is 9.08. The van der Waals surface area contributed by atoms with Crippen LogP contribution in [-0.4, -0.2) is 31.9 Å². The van der Waals surface area contributed by atoms with Gasteiger partial charge < -0.3 is 10.3 Å². The van der Waals surface area contributed by atoms with Crippen molar-refractivity contribution in [1.29, 1.82) is 0 Å². The molecule has 0 aromatic carbocycles. The first-order valence-electron chi connectivity index (χ1n) is 10.8. The standard InChI is InChI=1S/C23H35N3O4S/c1-15(14-27)10-12-21(17(3)24)22(31(28,29)26-20-8-6-7-9-20)13-11-16(2)23-18(4)25-30-19(23)5/h10-11,14,17,20,26H,6-9,12-13,24H2,1-5H3/b15-10-,16-11+,22-21+. The molecule has 1 unspecified atom stereocenters. The monoisotopic (exact) mass is 449 g/mol. The zero-order valence-corrected chi connectivity index (χ0v) is 20.0. The number of aromatic nitrogens is 1. The minimum absolute atomic E-state index is 0.0470. The lowest BCUT2D eigenvalue weighted by Crippen LogP contribution is -2.35. The second kappa shape index (κ2) is 11.0. The van der Waals surface area contributed by atoms with Crippen molar-refractivity contribution in [2.24, 2.45) is 5.73 Å². The van der Waals surface area contributed by atoms with Crippen LogP contribution in [0.5, 0.6) is 0 Å². The van der Waals surface area contributed by atoms with Gasteiger partial charge in [-0.2, -0.15) is 0 Å². The third kappa shape index (κ3) is 6.72. The van der Waals surface area contributed by atoms with Crippen LogP contribution >= 0.6 is 0 Å². The highest BCUT2D eigenvalue weighted by molar-refractivity contribution is 7.93. The first-order valence-corrected chi connectivity index (χ1v) is 12.3. The van der Waals surface area contributed by atoms with Crippen LogP contribution in [0.2, 0.25) is 0 Å². The Hall–Kier alpha value is -2.03. The highest BCUT2D eigenvalue weighted by Gasteiger charge is 2.27. The highest BCUT2D eigenvalue weighted by Crippen LogP contribution is 2.28. The third-order valence-corrected chi connectivity index (χ3v) is 7.48. The Balaban J connectivity index is 2.49. The van der Waals surface area contributed by atoms with Gasteiger partial charge in [0.25, 0.3) is 0 Å². The van der Waals surface area contributed by atoms with Gasteiger partial charge >= 0.3 is 0 Å². The molecule has 1 atom stereocenters. The maximum atomic E-state index is 13.4. The second-order valence-corrected chi connectivity index (χ2v) is 10.1. The van der Waals surface area contributed by atoms with E-state index in [-0.39, 0.29) is 17.4 Å². The lowest BCUT2D eigenvalue weighted by Gasteiger charge is -2.20. The summed E-state index contributed by atoms with van der Waals surface area (Å²) >= 11 is 0. The number of hydrogen-bond donors (Lipinski definition) is 2. The van der Waals surface area contributed by atoms with Gasteiger partial charge in [0.2, 0.25) is 10.0 Å². The van der Waals surface area contributed by atoms with Gasteiger partial charge in [-0.15, -0.1) is 0 Å². The number of carbonyl (C=O) groups excluding carboxylic acids is 1. The predicted molar refractivity (Wildman–Crippen MR) is 124 cm³/mol. The van der Waals surface area contributed by atoms with E-state index in [0.29, 0.717) is 23.3 Å². The molecule has 1 aromatic rings. The fraction of sp³-hybridized carbons (Fsp3) is 0.565. The molecule has 1 saturated carbocycles. The van der Waals surface area contributed by atoms with Crippen LogP contribution in [0.25, 0.3) is 5.57 Å². The van der Waals surface area contributed by atoms with Crippen molar-refractivity contribution in [2.45, 2.75) is 85.2 Å². The van der Waals surface area contributed by atoms with E-state index in [1.165, 1.54) is 0 Å². The molecule has 1 aliphatic carbocycles. The molecule has 8 heteroatoms. The minimum atomic E-state index is -3.74. The van der Waals surface area contributed by atoms with Gasteiger partial charge in [-0.05, 0) is 70.6 Å². The number of hydrogen-bond acceptors (Lipinski definition) is 6. The van der Waals surface area contributed by atoms with E-state index in [9.17, 15) is 13.2 Å². The van der Waals surface area contributed by atoms with Gasteiger partial charge in [-0.1, -0.05) is 30.2 Å². The molecular formula is C23H35N3O4S. The zero-order chi connectivity index (χ0) is 23.2. The molecule has 0 saturated heterocycles. The van der Waals surface area contributed by atoms with Crippen LogP contribution in [-0.2, 0) is 14.8 Å². The zero-order valence-electron chi connectivity index (χ0n) is 19.2. The Kier molecular flexibility index (Phi) is 8.97. The number of rotatable bonds is 10. The van der Waals surface area contributed by atoms with Crippen LogP contribution in [0.3, 0.4) is 0 Å². The first-order chi connectivity index (χ1) is 14.6. The lowest BCUT2D eigenvalue weighted by atomic mass is 10.0. The summed E-state index contributed by atoms with van der Waals surface area (Å²) in [5.41, 5.74) is 9.90. The number of nitrogens with one attached hydrogen (secondary N) is 1. The summed E-state index contributed by atoms with van der Waals surface area (Å²) in [7, 11) is -3.74. The maximum Gasteiger partial charge on any atom is 0.237 e. The van der Waals surface area contributed by atoms with Crippen LogP contribution in [0.4, 0.5) is 0 Å². The first kappa shape index (κ1) is 25.2. The minimum Gasteiger partial charge on any atom is -0.361 e. The van der Waals surface area contributed by atoms with Gasteiger partial charge in [0.05, 0.1) is 10.6 Å². The molecule has 0 bridgehead atoms. The van der Waals surface area contributed by atoms with Crippen LogP contribution < -0.4 is 10.5 Å². The number of carbonyl (C=O) groups is 1. The molecule has 0 radical (unpaired) electrons. The lowest BCUT2D eigenvalue weighted by molar-refractivity contribution is -0.104. The highest BCUT2D eigenvalue weighted by atomic mass is 32.2. The Morgan fingerprint density at radius 1 is 1.23 bits per heavy atom. The summed E-state index contributed by atoms with van der Waals surface area (Å²) in [6, 6.07) is -0.521. The van der Waals surface area contributed by atoms with Crippen LogP contribution in [0.1, 0.15) is 76.3 Å². The Morgan fingerprint density at radius 2 is 1.87 bits per heavy atom. The number of nitrogens with zero attached hydrogens (tertiary/aromatic N) is 1. The third-order valence-electron chi connectivity index (χ3n) is 5.76. The van der Waals surface area contributed by atoms with Crippen molar-refractivity contribution < 1.29 is 17.7 Å². The number of sulfonamides is 1. The second-order valence-electron chi connectivity index (χ2n) is 8.40. The molecule has 172 valence electrons. The van der Waals surface area contributed by atoms with E-state index in [1.54, 1.807) is 19.9 Å². The molecule has 1 fully saturated rings. The molecular weight excluding hydrogens is 414 g/mol. The Bertz CT molecular complexity index is 959. The normalized spacial score (nSPS) is 18.3. The number of allylic oxidation sites excluding steroid dienone is 5. The van der Waals surface area contributed by atoms with Gasteiger partial charge in [-0.25, -0.2) is 13.1 Å². The average molecular weight is 450 g/mol. The number of nitrogens with two attached hydrogens (primary N) is 1. The smallest absolute Gasteiger partial charge is 0.237 e. The van der Waals surface area contributed by atoms with Crippen molar-refractivity contribution in [3.63, 3.8) is 0 Å². The van der Waals surface area contributed by atoms with Crippen LogP contribution in [0.15, 0.2) is 32.7 Å². The molecule has 7 nitrogen and oxygen atoms in total. The van der Waals surface area contributed by atoms with Gasteiger partial charge in [0.15, 0.2) is 0 Å². The van der Waals surface area contributed by atoms with Gasteiger partial charge in [0.1, 0.15) is 12.0 Å². The topological polar surface area (TPSA) is 115 Å². The van der Waals surface area contributed by atoms with E-state index in [0.717, 1.165) is 48.8 Å². The maximum absolute atomic E-state index is 13.4. The van der Waals surface area contributed by atoms with Gasteiger partial charge in [-0.3, -0.25) is 4.79 Å². The quantitative estimate of drug-likeness (QED) is 0.411. The molecule has 0 aliphatic heterocycles. The molecule has 0 spiro atoms. The summed E-state index contributed by atoms with van der Waals surface area (Å²) in [4.78, 5) is 11.3. The van der Waals surface area contributed by atoms with Crippen LogP contribution in [0, 0.1) is 13.8 Å². The molecule has 3 N–H and O–H groups in total. The molecule has 1 aromatic heterocycles. The molecule has 1 aliphatic rings. The van der Waals surface area contributed by atoms with Crippen molar-refractivity contribution in [1.82, 2.24) is 9.88 Å². The summed E-state index contributed by atoms with van der Waals surface area (Å²) in [5, 5.41) is 3.98. The largest absolute Gasteiger partial charge is 0.361 e. The number of aryl methyl sites for hydroxylation is 2. The fourth-order valence-corrected chi connectivity index (χ4v) is 5.75. The van der Waals surface area contributed by atoms with E-state index < -0.39 is 16.1 Å². The SMILES string of the molecule is C/C(C=O)=C/C/C(=C(/C/C=C(\C)c1c(C)noc1C)S(=O)(=O)NC1CCCC1)C(C)N. The van der Waals surface area contributed by atoms with Crippen molar-refractivity contribution >= 4 is 21.9 Å². The number of aldehydes is 1. The van der Waals surface area contributed by atoms with Crippen molar-refractivity contribution in [3.05, 3.63) is 45.2 Å².